The second kappa shape index (κ2) is 5.92. The fraction of sp³-hybridized carbons (Fsp3) is 0.250. The Bertz CT molecular complexity index is 812. The van der Waals surface area contributed by atoms with Gasteiger partial charge in [-0.05, 0) is 25.1 Å². The molecule has 1 aliphatic rings. The largest absolute Gasteiger partial charge is 0.462 e. The standard InChI is InChI=1S/C16H14N2O4S/c1-9-13(23-8-17-9)5-6-22-16(21)10-3-4-11-12(7-10)15(20)18(2)14(11)19/h3-4,7-8H,5-6H2,1-2H3. The average Bonchev–Trinajstić information content (AvgIpc) is 3.05. The van der Waals surface area contributed by atoms with Gasteiger partial charge < -0.3 is 4.74 Å². The zero-order valence-electron chi connectivity index (χ0n) is 12.7. The summed E-state index contributed by atoms with van der Waals surface area (Å²) in [6, 6.07) is 4.41. The zero-order chi connectivity index (χ0) is 16.6. The van der Waals surface area contributed by atoms with Gasteiger partial charge in [0.25, 0.3) is 11.8 Å². The molecule has 0 aliphatic carbocycles. The van der Waals surface area contributed by atoms with Crippen LogP contribution in [0.4, 0.5) is 0 Å². The van der Waals surface area contributed by atoms with Gasteiger partial charge in [0.15, 0.2) is 0 Å². The topological polar surface area (TPSA) is 76.6 Å². The van der Waals surface area contributed by atoms with E-state index in [1.54, 1.807) is 5.51 Å². The summed E-state index contributed by atoms with van der Waals surface area (Å²) in [6.45, 7) is 2.15. The normalized spacial score (nSPS) is 13.4. The summed E-state index contributed by atoms with van der Waals surface area (Å²) in [7, 11) is 1.42. The van der Waals surface area contributed by atoms with Crippen LogP contribution in [0, 0.1) is 6.92 Å². The van der Waals surface area contributed by atoms with Crippen LogP contribution in [0.2, 0.25) is 0 Å². The Labute approximate surface area is 136 Å². The second-order valence-electron chi connectivity index (χ2n) is 5.18. The van der Waals surface area contributed by atoms with E-state index < -0.39 is 11.9 Å². The van der Waals surface area contributed by atoms with E-state index in [-0.39, 0.29) is 23.6 Å². The number of aromatic nitrogens is 1. The molecule has 0 N–H and O–H groups in total. The van der Waals surface area contributed by atoms with Gasteiger partial charge in [-0.15, -0.1) is 11.3 Å². The Balaban J connectivity index is 1.68. The summed E-state index contributed by atoms with van der Waals surface area (Å²) < 4.78 is 5.24. The molecule has 0 atom stereocenters. The Morgan fingerprint density at radius 3 is 2.70 bits per heavy atom. The zero-order valence-corrected chi connectivity index (χ0v) is 13.5. The minimum Gasteiger partial charge on any atom is -0.462 e. The van der Waals surface area contributed by atoms with E-state index in [1.165, 1.54) is 36.6 Å². The van der Waals surface area contributed by atoms with Crippen molar-refractivity contribution in [3.63, 3.8) is 0 Å². The highest BCUT2D eigenvalue weighted by atomic mass is 32.1. The van der Waals surface area contributed by atoms with E-state index in [4.69, 9.17) is 4.74 Å². The minimum atomic E-state index is -0.509. The summed E-state index contributed by atoms with van der Waals surface area (Å²) in [5, 5.41) is 0. The smallest absolute Gasteiger partial charge is 0.338 e. The van der Waals surface area contributed by atoms with Crippen LogP contribution in [0.15, 0.2) is 23.7 Å². The van der Waals surface area contributed by atoms with Gasteiger partial charge >= 0.3 is 5.97 Å². The molecule has 7 heteroatoms. The molecule has 118 valence electrons. The number of rotatable bonds is 4. The molecule has 0 spiro atoms. The van der Waals surface area contributed by atoms with Crippen molar-refractivity contribution in [2.75, 3.05) is 13.7 Å². The number of hydrogen-bond donors (Lipinski definition) is 0. The van der Waals surface area contributed by atoms with Gasteiger partial charge in [-0.1, -0.05) is 0 Å². The fourth-order valence-corrected chi connectivity index (χ4v) is 3.14. The van der Waals surface area contributed by atoms with Gasteiger partial charge in [0.2, 0.25) is 0 Å². The van der Waals surface area contributed by atoms with Crippen molar-refractivity contribution < 1.29 is 19.1 Å². The highest BCUT2D eigenvalue weighted by molar-refractivity contribution is 7.09. The third-order valence-electron chi connectivity index (χ3n) is 3.73. The van der Waals surface area contributed by atoms with Gasteiger partial charge in [0, 0.05) is 18.3 Å². The van der Waals surface area contributed by atoms with Crippen LogP contribution < -0.4 is 0 Å². The third kappa shape index (κ3) is 2.75. The Hall–Kier alpha value is -2.54. The molecule has 0 saturated heterocycles. The number of amides is 2. The minimum absolute atomic E-state index is 0.241. The molecule has 0 saturated carbocycles. The number of carbonyl (C=O) groups is 3. The first-order valence-electron chi connectivity index (χ1n) is 7.01. The lowest BCUT2D eigenvalue weighted by Gasteiger charge is -2.05. The number of nitrogens with zero attached hydrogens (tertiary/aromatic N) is 2. The van der Waals surface area contributed by atoms with E-state index >= 15 is 0 Å². The number of aryl methyl sites for hydroxylation is 1. The predicted molar refractivity (Wildman–Crippen MR) is 83.7 cm³/mol. The number of ether oxygens (including phenoxy) is 1. The molecule has 1 aromatic carbocycles. The summed E-state index contributed by atoms with van der Waals surface area (Å²) in [5.41, 5.74) is 3.52. The van der Waals surface area contributed by atoms with E-state index in [2.05, 4.69) is 4.98 Å². The molecule has 23 heavy (non-hydrogen) atoms. The second-order valence-corrected chi connectivity index (χ2v) is 6.12. The highest BCUT2D eigenvalue weighted by Crippen LogP contribution is 2.23. The summed E-state index contributed by atoms with van der Waals surface area (Å²) >= 11 is 1.52. The van der Waals surface area contributed by atoms with Gasteiger partial charge in [-0.3, -0.25) is 14.5 Å². The Morgan fingerprint density at radius 1 is 1.26 bits per heavy atom. The molecule has 1 aliphatic heterocycles. The van der Waals surface area contributed by atoms with Crippen molar-refractivity contribution in [2.24, 2.45) is 0 Å². The SMILES string of the molecule is Cc1ncsc1CCOC(=O)c1ccc2c(c1)C(=O)N(C)C2=O. The first kappa shape index (κ1) is 15.4. The predicted octanol–water partition coefficient (Wildman–Crippen LogP) is 2.08. The maximum atomic E-state index is 12.1. The number of thiazole rings is 1. The number of fused-ring (bicyclic) bond motifs is 1. The molecule has 0 bridgehead atoms. The number of benzene rings is 1. The maximum Gasteiger partial charge on any atom is 0.338 e. The fourth-order valence-electron chi connectivity index (χ4n) is 2.37. The molecule has 1 aromatic heterocycles. The van der Waals surface area contributed by atoms with Crippen LogP contribution >= 0.6 is 11.3 Å². The lowest BCUT2D eigenvalue weighted by molar-refractivity contribution is 0.0509. The maximum absolute atomic E-state index is 12.1. The van der Waals surface area contributed by atoms with Crippen LogP contribution in [-0.2, 0) is 11.2 Å². The van der Waals surface area contributed by atoms with Crippen molar-refractivity contribution in [3.05, 3.63) is 51.0 Å². The van der Waals surface area contributed by atoms with Crippen LogP contribution in [0.1, 0.15) is 41.6 Å². The Morgan fingerprint density at radius 2 is 2.00 bits per heavy atom. The van der Waals surface area contributed by atoms with Gasteiger partial charge in [0.1, 0.15) is 0 Å². The molecule has 0 radical (unpaired) electrons. The van der Waals surface area contributed by atoms with Crippen molar-refractivity contribution >= 4 is 29.1 Å². The molecule has 0 unspecified atom stereocenters. The van der Waals surface area contributed by atoms with E-state index in [1.807, 2.05) is 6.92 Å². The first-order valence-corrected chi connectivity index (χ1v) is 7.89. The molecule has 0 fully saturated rings. The van der Waals surface area contributed by atoms with E-state index in [0.717, 1.165) is 15.5 Å². The Kier molecular flexibility index (Phi) is 3.96. The molecule has 2 amide bonds. The molecule has 6 nitrogen and oxygen atoms in total. The average molecular weight is 330 g/mol. The van der Waals surface area contributed by atoms with E-state index in [0.29, 0.717) is 12.0 Å². The molecular weight excluding hydrogens is 316 g/mol. The molecule has 2 heterocycles. The first-order chi connectivity index (χ1) is 11.0. The number of carbonyl (C=O) groups excluding carboxylic acids is 3. The number of hydrogen-bond acceptors (Lipinski definition) is 6. The van der Waals surface area contributed by atoms with Crippen LogP contribution in [-0.4, -0.2) is 41.3 Å². The summed E-state index contributed by atoms with van der Waals surface area (Å²) in [6.07, 6.45) is 0.604. The third-order valence-corrected chi connectivity index (χ3v) is 4.73. The van der Waals surface area contributed by atoms with Crippen LogP contribution in [0.5, 0.6) is 0 Å². The molecule has 3 rings (SSSR count). The van der Waals surface area contributed by atoms with Crippen molar-refractivity contribution in [2.45, 2.75) is 13.3 Å². The van der Waals surface area contributed by atoms with Crippen molar-refractivity contribution in [1.29, 1.82) is 0 Å². The van der Waals surface area contributed by atoms with Crippen LogP contribution in [0.3, 0.4) is 0 Å². The summed E-state index contributed by atoms with van der Waals surface area (Å²) in [4.78, 5) is 42.1. The van der Waals surface area contributed by atoms with Gasteiger partial charge in [0.05, 0.1) is 34.5 Å². The van der Waals surface area contributed by atoms with Crippen molar-refractivity contribution in [3.8, 4) is 0 Å². The monoisotopic (exact) mass is 330 g/mol. The quantitative estimate of drug-likeness (QED) is 0.633. The van der Waals surface area contributed by atoms with Gasteiger partial charge in [-0.25, -0.2) is 9.78 Å². The van der Waals surface area contributed by atoms with Crippen molar-refractivity contribution in [1.82, 2.24) is 9.88 Å². The lowest BCUT2D eigenvalue weighted by Crippen LogP contribution is -2.24. The number of imide groups is 1. The van der Waals surface area contributed by atoms with Crippen LogP contribution in [0.25, 0.3) is 0 Å². The number of esters is 1. The van der Waals surface area contributed by atoms with Gasteiger partial charge in [-0.2, -0.15) is 0 Å². The van der Waals surface area contributed by atoms with E-state index in [9.17, 15) is 14.4 Å². The molecule has 2 aromatic rings. The summed E-state index contributed by atoms with van der Waals surface area (Å²) in [5.74, 6) is -1.27. The highest BCUT2D eigenvalue weighted by Gasteiger charge is 2.33. The molecular formula is C16H14N2O4S. The lowest BCUT2D eigenvalue weighted by atomic mass is 10.1.